The standard InChI is InChI=1S/2C7H11O2P2.2BrH.Ti/c2*1-10(8)6-3-4-7(5-6)11(2)9;;;/h2*3-5,10-11H,1-2H3;2*1H;/q;;;;+2/p-2. The summed E-state index contributed by atoms with van der Waals surface area (Å²) in [5.41, 5.74) is 0. The predicted molar refractivity (Wildman–Crippen MR) is 117 cm³/mol. The Morgan fingerprint density at radius 3 is 1.28 bits per heavy atom. The molecule has 25 heavy (non-hydrogen) atoms. The molecule has 6 unspecified atom stereocenters. The fraction of sp³-hybridized carbons (Fsp3) is 0.429. The number of hydrogen-bond donors (Lipinski definition) is 0. The van der Waals surface area contributed by atoms with Gasteiger partial charge in [0.2, 0.25) is 0 Å². The Hall–Kier alpha value is 1.55. The van der Waals surface area contributed by atoms with Crippen LogP contribution in [0.1, 0.15) is 0 Å². The van der Waals surface area contributed by atoms with Gasteiger partial charge in [-0.15, -0.1) is 0 Å². The zero-order valence-corrected chi connectivity index (χ0v) is 23.1. The van der Waals surface area contributed by atoms with Crippen LogP contribution in [0.4, 0.5) is 0 Å². The normalized spacial score (nSPS) is 28.6. The third-order valence-corrected chi connectivity index (χ3v) is 22.3. The number of rotatable bonds is 6. The quantitative estimate of drug-likeness (QED) is 0.258. The van der Waals surface area contributed by atoms with Gasteiger partial charge in [-0.05, 0) is 0 Å². The topological polar surface area (TPSA) is 68.3 Å². The molecule has 4 nitrogen and oxygen atoms in total. The van der Waals surface area contributed by atoms with E-state index in [-0.39, 0.29) is 8.45 Å². The van der Waals surface area contributed by atoms with Crippen LogP contribution in [0, 0.1) is 0 Å². The molecule has 0 aliphatic heterocycles. The van der Waals surface area contributed by atoms with E-state index in [2.05, 4.69) is 26.3 Å². The molecule has 2 aliphatic rings. The molecule has 0 saturated carbocycles. The van der Waals surface area contributed by atoms with Gasteiger partial charge in [-0.1, -0.05) is 0 Å². The van der Waals surface area contributed by atoms with Gasteiger partial charge in [0.25, 0.3) is 0 Å². The summed E-state index contributed by atoms with van der Waals surface area (Å²) in [6.45, 7) is 6.77. The van der Waals surface area contributed by atoms with Crippen molar-refractivity contribution in [2.75, 3.05) is 26.7 Å². The average molecular weight is 586 g/mol. The molecule has 140 valence electrons. The Morgan fingerprint density at radius 1 is 0.720 bits per heavy atom. The van der Waals surface area contributed by atoms with E-state index >= 15 is 0 Å². The molecule has 0 aromatic carbocycles. The number of halogens is 2. The van der Waals surface area contributed by atoms with Crippen molar-refractivity contribution in [2.24, 2.45) is 0 Å². The summed E-state index contributed by atoms with van der Waals surface area (Å²) in [6, 6.07) is 0. The van der Waals surface area contributed by atoms with E-state index in [4.69, 9.17) is 0 Å². The SMILES string of the molecule is C[PH](=O)C1=C[CH]([Ti]([Br])([Br])[CH]2C=C([PH](C)=O)C=C2[PH](C)=O)C([PH](C)=O)=C1. The number of allylic oxidation sites excluding steroid dienone is 8. The van der Waals surface area contributed by atoms with Gasteiger partial charge in [0.1, 0.15) is 0 Å². The molecule has 0 spiro atoms. The van der Waals surface area contributed by atoms with Gasteiger partial charge in [0, 0.05) is 0 Å². The van der Waals surface area contributed by atoms with Gasteiger partial charge in [-0.3, -0.25) is 0 Å². The van der Waals surface area contributed by atoms with Crippen LogP contribution in [-0.2, 0) is 30.7 Å². The van der Waals surface area contributed by atoms with Gasteiger partial charge in [0.15, 0.2) is 0 Å². The van der Waals surface area contributed by atoms with Crippen LogP contribution in [0.2, 0.25) is 8.45 Å². The maximum atomic E-state index is 12.3. The molecule has 11 heteroatoms. The van der Waals surface area contributed by atoms with E-state index in [0.717, 1.165) is 21.3 Å². The van der Waals surface area contributed by atoms with Crippen molar-refractivity contribution in [2.45, 2.75) is 8.45 Å². The van der Waals surface area contributed by atoms with Crippen molar-refractivity contribution in [3.63, 3.8) is 0 Å². The van der Waals surface area contributed by atoms with Crippen LogP contribution in [0.5, 0.6) is 0 Å². The van der Waals surface area contributed by atoms with Crippen molar-refractivity contribution in [1.29, 1.82) is 0 Å². The summed E-state index contributed by atoms with van der Waals surface area (Å²) in [6.07, 6.45) is 7.60. The van der Waals surface area contributed by atoms with Gasteiger partial charge in [-0.2, -0.15) is 0 Å². The van der Waals surface area contributed by atoms with E-state index in [1.54, 1.807) is 26.7 Å². The molecular weight excluding hydrogens is 564 g/mol. The molecule has 0 N–H and O–H groups in total. The second-order valence-corrected chi connectivity index (χ2v) is 32.3. The van der Waals surface area contributed by atoms with Crippen LogP contribution in [0.3, 0.4) is 0 Å². The van der Waals surface area contributed by atoms with Crippen molar-refractivity contribution >= 4 is 57.5 Å². The van der Waals surface area contributed by atoms with E-state index in [1.807, 2.05) is 24.3 Å². The molecule has 0 saturated heterocycles. The van der Waals surface area contributed by atoms with Crippen molar-refractivity contribution in [3.8, 4) is 0 Å². The summed E-state index contributed by atoms with van der Waals surface area (Å²) in [5.74, 6) is 0. The minimum atomic E-state index is -3.14. The Morgan fingerprint density at radius 2 is 1.04 bits per heavy atom. The Labute approximate surface area is 167 Å². The average Bonchev–Trinajstić information content (AvgIpc) is 3.12. The first kappa shape index (κ1) is 22.8. The van der Waals surface area contributed by atoms with Gasteiger partial charge in [-0.25, -0.2) is 0 Å². The molecule has 0 bridgehead atoms. The third-order valence-electron chi connectivity index (χ3n) is 4.44. The molecule has 0 heterocycles. The second-order valence-electron chi connectivity index (χ2n) is 6.30. The first-order valence-electron chi connectivity index (χ1n) is 7.75. The van der Waals surface area contributed by atoms with E-state index in [9.17, 15) is 18.3 Å². The molecule has 6 atom stereocenters. The van der Waals surface area contributed by atoms with Crippen LogP contribution < -0.4 is 0 Å². The van der Waals surface area contributed by atoms with Crippen molar-refractivity contribution in [3.05, 3.63) is 45.6 Å². The maximum absolute atomic E-state index is 12.3. The summed E-state index contributed by atoms with van der Waals surface area (Å²) in [7, 11) is -7.64. The van der Waals surface area contributed by atoms with E-state index < -0.39 is 43.6 Å². The van der Waals surface area contributed by atoms with E-state index in [0.29, 0.717) is 0 Å². The van der Waals surface area contributed by atoms with Crippen LogP contribution in [0.15, 0.2) is 45.6 Å². The summed E-state index contributed by atoms with van der Waals surface area (Å²) >= 11 is 4.69. The summed E-state index contributed by atoms with van der Waals surface area (Å²) < 4.78 is 48.4. The van der Waals surface area contributed by atoms with Crippen molar-refractivity contribution < 1.29 is 30.7 Å². The first-order valence-corrected chi connectivity index (χ1v) is 24.9. The second kappa shape index (κ2) is 8.92. The molecular formula is C14H22Br2O4P4Ti. The van der Waals surface area contributed by atoms with Crippen LogP contribution in [-0.4, -0.2) is 26.7 Å². The van der Waals surface area contributed by atoms with Gasteiger partial charge < -0.3 is 0 Å². The Kier molecular flexibility index (Phi) is 8.15. The Bertz CT molecular complexity index is 763. The molecule has 0 fully saturated rings. The fourth-order valence-corrected chi connectivity index (χ4v) is 24.1. The van der Waals surface area contributed by atoms with Gasteiger partial charge in [0.05, 0.1) is 0 Å². The zero-order valence-electron chi connectivity index (χ0n) is 14.4. The van der Waals surface area contributed by atoms with Gasteiger partial charge >= 0.3 is 169 Å². The van der Waals surface area contributed by atoms with E-state index in [1.165, 1.54) is 0 Å². The van der Waals surface area contributed by atoms with Crippen LogP contribution >= 0.6 is 57.5 Å². The van der Waals surface area contributed by atoms with Crippen molar-refractivity contribution in [1.82, 2.24) is 0 Å². The third kappa shape index (κ3) is 4.94. The first-order chi connectivity index (χ1) is 11.5. The monoisotopic (exact) mass is 584 g/mol. The van der Waals surface area contributed by atoms with Crippen LogP contribution in [0.25, 0.3) is 0 Å². The molecule has 2 aliphatic carbocycles. The molecule has 0 radical (unpaired) electrons. The zero-order chi connectivity index (χ0) is 19.1. The Balaban J connectivity index is 2.53. The molecule has 0 aromatic rings. The molecule has 0 amide bonds. The molecule has 0 aromatic heterocycles. The minimum absolute atomic E-state index is 0.0928. The molecule has 2 rings (SSSR count). The summed E-state index contributed by atoms with van der Waals surface area (Å²) in [5, 5.41) is 3.19. The summed E-state index contributed by atoms with van der Waals surface area (Å²) in [4.78, 5) is 0. The number of hydrogen-bond acceptors (Lipinski definition) is 4. The fourth-order valence-electron chi connectivity index (χ4n) is 3.06. The predicted octanol–water partition coefficient (Wildman–Crippen LogP) is 6.66.